The van der Waals surface area contributed by atoms with Crippen LogP contribution >= 0.6 is 0 Å². The molecule has 0 radical (unpaired) electrons. The Labute approximate surface area is 130 Å². The highest BCUT2D eigenvalue weighted by atomic mass is 16.5. The first-order chi connectivity index (χ1) is 10.6. The number of nitrogens with zero attached hydrogens (tertiary/aromatic N) is 3. The molecule has 1 fully saturated rings. The van der Waals surface area contributed by atoms with Crippen molar-refractivity contribution in [2.45, 2.75) is 6.92 Å². The highest BCUT2D eigenvalue weighted by molar-refractivity contribution is 6.01. The number of fused-ring (bicyclic) bond motifs is 1. The molecule has 0 spiro atoms. The van der Waals surface area contributed by atoms with Gasteiger partial charge in [0.05, 0.1) is 7.11 Å². The standard InChI is InChI=1S/C17H21N3O2/c1-12-13-6-4-5-7-14(13)16(22-3)18-15(12)17(21)20-10-8-19(2)9-11-20/h4-7H,8-11H2,1-3H3. The molecular formula is C17H21N3O2. The Morgan fingerprint density at radius 1 is 1.14 bits per heavy atom. The van der Waals surface area contributed by atoms with Crippen LogP contribution in [0.4, 0.5) is 0 Å². The molecule has 22 heavy (non-hydrogen) atoms. The summed E-state index contributed by atoms with van der Waals surface area (Å²) in [7, 11) is 3.67. The number of rotatable bonds is 2. The van der Waals surface area contributed by atoms with Gasteiger partial charge in [-0.1, -0.05) is 18.2 Å². The number of hydrogen-bond acceptors (Lipinski definition) is 4. The Morgan fingerprint density at radius 2 is 1.77 bits per heavy atom. The number of likely N-dealkylation sites (N-methyl/N-ethyl adjacent to an activating group) is 1. The van der Waals surface area contributed by atoms with Gasteiger partial charge in [-0.05, 0) is 31.0 Å². The summed E-state index contributed by atoms with van der Waals surface area (Å²) in [5.74, 6) is 0.508. The van der Waals surface area contributed by atoms with Gasteiger partial charge in [0.1, 0.15) is 5.69 Å². The van der Waals surface area contributed by atoms with Crippen LogP contribution < -0.4 is 4.74 Å². The number of methoxy groups -OCH3 is 1. The van der Waals surface area contributed by atoms with E-state index < -0.39 is 0 Å². The molecule has 3 rings (SSSR count). The summed E-state index contributed by atoms with van der Waals surface area (Å²) < 4.78 is 5.39. The van der Waals surface area contributed by atoms with E-state index in [1.165, 1.54) is 0 Å². The zero-order valence-corrected chi connectivity index (χ0v) is 13.3. The topological polar surface area (TPSA) is 45.7 Å². The molecule has 5 heteroatoms. The van der Waals surface area contributed by atoms with E-state index in [-0.39, 0.29) is 5.91 Å². The monoisotopic (exact) mass is 299 g/mol. The Morgan fingerprint density at radius 3 is 2.41 bits per heavy atom. The number of amides is 1. The third-order valence-electron chi connectivity index (χ3n) is 4.32. The van der Waals surface area contributed by atoms with Gasteiger partial charge in [-0.25, -0.2) is 4.98 Å². The van der Waals surface area contributed by atoms with Gasteiger partial charge >= 0.3 is 0 Å². The van der Waals surface area contributed by atoms with E-state index in [0.717, 1.165) is 42.5 Å². The van der Waals surface area contributed by atoms with Crippen LogP contribution in [0.2, 0.25) is 0 Å². The zero-order valence-electron chi connectivity index (χ0n) is 13.3. The van der Waals surface area contributed by atoms with Crippen molar-refractivity contribution in [3.05, 3.63) is 35.5 Å². The number of ether oxygens (including phenoxy) is 1. The van der Waals surface area contributed by atoms with Crippen molar-refractivity contribution in [1.82, 2.24) is 14.8 Å². The first-order valence-corrected chi connectivity index (χ1v) is 7.53. The fraction of sp³-hybridized carbons (Fsp3) is 0.412. The lowest BCUT2D eigenvalue weighted by atomic mass is 10.0. The van der Waals surface area contributed by atoms with Crippen molar-refractivity contribution >= 4 is 16.7 Å². The largest absolute Gasteiger partial charge is 0.481 e. The van der Waals surface area contributed by atoms with Gasteiger partial charge in [0.25, 0.3) is 5.91 Å². The van der Waals surface area contributed by atoms with Crippen molar-refractivity contribution in [3.8, 4) is 5.88 Å². The van der Waals surface area contributed by atoms with Crippen LogP contribution in [0.25, 0.3) is 10.8 Å². The van der Waals surface area contributed by atoms with Crippen molar-refractivity contribution in [2.24, 2.45) is 0 Å². The van der Waals surface area contributed by atoms with Crippen molar-refractivity contribution in [1.29, 1.82) is 0 Å². The molecule has 1 aromatic carbocycles. The normalized spacial score (nSPS) is 16.0. The number of hydrogen-bond donors (Lipinski definition) is 0. The van der Waals surface area contributed by atoms with Crippen LogP contribution in [-0.4, -0.2) is 61.0 Å². The Bertz CT molecular complexity index is 706. The molecule has 1 aliphatic rings. The molecule has 0 saturated carbocycles. The number of piperazine rings is 1. The predicted molar refractivity (Wildman–Crippen MR) is 86.4 cm³/mol. The van der Waals surface area contributed by atoms with E-state index in [2.05, 4.69) is 16.9 Å². The van der Waals surface area contributed by atoms with Gasteiger partial charge in [0.2, 0.25) is 5.88 Å². The number of benzene rings is 1. The fourth-order valence-electron chi connectivity index (χ4n) is 2.89. The second kappa shape index (κ2) is 5.93. The smallest absolute Gasteiger partial charge is 0.272 e. The van der Waals surface area contributed by atoms with Gasteiger partial charge in [0, 0.05) is 31.6 Å². The maximum atomic E-state index is 12.8. The number of aryl methyl sites for hydroxylation is 1. The minimum absolute atomic E-state index is 0.00495. The van der Waals surface area contributed by atoms with Gasteiger partial charge in [-0.3, -0.25) is 4.79 Å². The maximum absolute atomic E-state index is 12.8. The van der Waals surface area contributed by atoms with Crippen LogP contribution in [0.15, 0.2) is 24.3 Å². The van der Waals surface area contributed by atoms with Crippen molar-refractivity contribution in [2.75, 3.05) is 40.3 Å². The second-order valence-electron chi connectivity index (χ2n) is 5.74. The van der Waals surface area contributed by atoms with Crippen LogP contribution in [0.3, 0.4) is 0 Å². The molecule has 5 nitrogen and oxygen atoms in total. The molecule has 116 valence electrons. The van der Waals surface area contributed by atoms with Gasteiger partial charge in [-0.15, -0.1) is 0 Å². The number of pyridine rings is 1. The summed E-state index contributed by atoms with van der Waals surface area (Å²) >= 11 is 0. The SMILES string of the molecule is COc1nc(C(=O)N2CCN(C)CC2)c(C)c2ccccc12. The Kier molecular flexibility index (Phi) is 3.98. The summed E-state index contributed by atoms with van der Waals surface area (Å²) in [5, 5.41) is 1.96. The molecule has 1 amide bonds. The highest BCUT2D eigenvalue weighted by Gasteiger charge is 2.24. The number of aromatic nitrogens is 1. The van der Waals surface area contributed by atoms with Crippen LogP contribution in [0.5, 0.6) is 5.88 Å². The van der Waals surface area contributed by atoms with Crippen LogP contribution in [0.1, 0.15) is 16.1 Å². The summed E-state index contributed by atoms with van der Waals surface area (Å²) in [4.78, 5) is 21.4. The van der Waals surface area contributed by atoms with E-state index in [1.807, 2.05) is 36.1 Å². The van der Waals surface area contributed by atoms with Crippen molar-refractivity contribution in [3.63, 3.8) is 0 Å². The zero-order chi connectivity index (χ0) is 15.7. The summed E-state index contributed by atoms with van der Waals surface area (Å²) in [5.41, 5.74) is 1.42. The maximum Gasteiger partial charge on any atom is 0.272 e. The molecule has 0 aliphatic carbocycles. The molecule has 0 N–H and O–H groups in total. The van der Waals surface area contributed by atoms with Crippen LogP contribution in [0, 0.1) is 6.92 Å². The highest BCUT2D eigenvalue weighted by Crippen LogP contribution is 2.28. The second-order valence-corrected chi connectivity index (χ2v) is 5.74. The summed E-state index contributed by atoms with van der Waals surface area (Å²) in [6.45, 7) is 5.24. The third-order valence-corrected chi connectivity index (χ3v) is 4.32. The first-order valence-electron chi connectivity index (χ1n) is 7.53. The molecule has 0 atom stereocenters. The average Bonchev–Trinajstić information content (AvgIpc) is 2.55. The Hall–Kier alpha value is -2.14. The van der Waals surface area contributed by atoms with E-state index in [4.69, 9.17) is 4.74 Å². The van der Waals surface area contributed by atoms with Gasteiger partial charge in [-0.2, -0.15) is 0 Å². The Balaban J connectivity index is 2.03. The summed E-state index contributed by atoms with van der Waals surface area (Å²) in [6, 6.07) is 7.90. The van der Waals surface area contributed by atoms with Gasteiger partial charge in [0.15, 0.2) is 0 Å². The molecule has 1 saturated heterocycles. The molecule has 2 aromatic rings. The molecule has 0 unspecified atom stereocenters. The van der Waals surface area contributed by atoms with E-state index in [1.54, 1.807) is 7.11 Å². The number of carbonyl (C=O) groups excluding carboxylic acids is 1. The van der Waals surface area contributed by atoms with E-state index in [0.29, 0.717) is 11.6 Å². The third kappa shape index (κ3) is 2.52. The van der Waals surface area contributed by atoms with E-state index in [9.17, 15) is 4.79 Å². The summed E-state index contributed by atoms with van der Waals surface area (Å²) in [6.07, 6.45) is 0. The first kappa shape index (κ1) is 14.8. The fourth-order valence-corrected chi connectivity index (χ4v) is 2.89. The lowest BCUT2D eigenvalue weighted by molar-refractivity contribution is 0.0657. The number of carbonyl (C=O) groups is 1. The van der Waals surface area contributed by atoms with Crippen molar-refractivity contribution < 1.29 is 9.53 Å². The quantitative estimate of drug-likeness (QED) is 0.850. The predicted octanol–water partition coefficient (Wildman–Crippen LogP) is 1.94. The average molecular weight is 299 g/mol. The van der Waals surface area contributed by atoms with Gasteiger partial charge < -0.3 is 14.5 Å². The molecular weight excluding hydrogens is 278 g/mol. The molecule has 2 heterocycles. The minimum atomic E-state index is -0.00495. The lowest BCUT2D eigenvalue weighted by Crippen LogP contribution is -2.47. The molecule has 1 aromatic heterocycles. The lowest BCUT2D eigenvalue weighted by Gasteiger charge is -2.32. The van der Waals surface area contributed by atoms with Crippen LogP contribution in [-0.2, 0) is 0 Å². The van der Waals surface area contributed by atoms with E-state index >= 15 is 0 Å². The molecule has 0 bridgehead atoms. The minimum Gasteiger partial charge on any atom is -0.481 e. The molecule has 1 aliphatic heterocycles.